The number of rotatable bonds is 2. The summed E-state index contributed by atoms with van der Waals surface area (Å²) in [6.45, 7) is 5.68. The van der Waals surface area contributed by atoms with Crippen molar-refractivity contribution in [3.05, 3.63) is 18.0 Å². The van der Waals surface area contributed by atoms with E-state index in [2.05, 4.69) is 5.10 Å². The first-order valence-corrected chi connectivity index (χ1v) is 4.89. The Balaban J connectivity index is 2.74. The maximum atomic E-state index is 12.1. The van der Waals surface area contributed by atoms with Gasteiger partial charge in [-0.15, -0.1) is 0 Å². The number of alkyl halides is 3. The highest BCUT2D eigenvalue weighted by Gasteiger charge is 2.38. The van der Waals surface area contributed by atoms with Gasteiger partial charge in [0.15, 0.2) is 6.10 Å². The molecule has 1 heterocycles. The molecule has 0 radical (unpaired) electrons. The van der Waals surface area contributed by atoms with Crippen LogP contribution in [0.4, 0.5) is 13.2 Å². The molecule has 0 aliphatic heterocycles. The van der Waals surface area contributed by atoms with Crippen LogP contribution in [0.5, 0.6) is 0 Å². The molecule has 1 aromatic heterocycles. The first-order valence-electron chi connectivity index (χ1n) is 4.89. The molecule has 0 amide bonds. The standard InChI is InChI=1S/C10H15F3N2O/c1-9(2,3)15-6-7(5-14-15)4-8(16)10(11,12)13/h5-6,8,16H,4H2,1-3H3. The number of aromatic nitrogens is 2. The number of hydrogen-bond acceptors (Lipinski definition) is 2. The molecular formula is C10H15F3N2O. The lowest BCUT2D eigenvalue weighted by Gasteiger charge is -2.19. The van der Waals surface area contributed by atoms with E-state index in [4.69, 9.17) is 5.11 Å². The number of aliphatic hydroxyl groups excluding tert-OH is 1. The number of aliphatic hydroxyl groups is 1. The van der Waals surface area contributed by atoms with E-state index in [1.165, 1.54) is 12.4 Å². The van der Waals surface area contributed by atoms with Gasteiger partial charge in [-0.05, 0) is 26.3 Å². The Morgan fingerprint density at radius 2 is 1.94 bits per heavy atom. The highest BCUT2D eigenvalue weighted by Crippen LogP contribution is 2.23. The molecule has 1 rings (SSSR count). The normalized spacial score (nSPS) is 15.2. The highest BCUT2D eigenvalue weighted by atomic mass is 19.4. The van der Waals surface area contributed by atoms with Crippen molar-refractivity contribution >= 4 is 0 Å². The van der Waals surface area contributed by atoms with E-state index < -0.39 is 18.7 Å². The van der Waals surface area contributed by atoms with Crippen molar-refractivity contribution in [3.8, 4) is 0 Å². The summed E-state index contributed by atoms with van der Waals surface area (Å²) in [6, 6.07) is 0. The molecule has 0 bridgehead atoms. The van der Waals surface area contributed by atoms with Crippen LogP contribution in [-0.4, -0.2) is 27.2 Å². The largest absolute Gasteiger partial charge is 0.414 e. The second kappa shape index (κ2) is 4.08. The lowest BCUT2D eigenvalue weighted by atomic mass is 10.1. The Bertz CT molecular complexity index is 352. The number of halogens is 3. The topological polar surface area (TPSA) is 38.0 Å². The minimum absolute atomic E-state index is 0.276. The smallest absolute Gasteiger partial charge is 0.383 e. The molecule has 0 aliphatic rings. The minimum Gasteiger partial charge on any atom is -0.383 e. The van der Waals surface area contributed by atoms with E-state index in [1.54, 1.807) is 4.68 Å². The van der Waals surface area contributed by atoms with Crippen LogP contribution >= 0.6 is 0 Å². The molecule has 1 N–H and O–H groups in total. The Hall–Kier alpha value is -1.04. The maximum absolute atomic E-state index is 12.1. The number of nitrogens with zero attached hydrogens (tertiary/aromatic N) is 2. The zero-order valence-electron chi connectivity index (χ0n) is 9.41. The van der Waals surface area contributed by atoms with Gasteiger partial charge in [-0.3, -0.25) is 4.68 Å². The van der Waals surface area contributed by atoms with Gasteiger partial charge in [-0.2, -0.15) is 18.3 Å². The van der Waals surface area contributed by atoms with Gasteiger partial charge in [0.1, 0.15) is 0 Å². The Kier molecular flexibility index (Phi) is 3.33. The summed E-state index contributed by atoms with van der Waals surface area (Å²) in [5.41, 5.74) is 0.0984. The maximum Gasteiger partial charge on any atom is 0.414 e. The van der Waals surface area contributed by atoms with Crippen LogP contribution in [0.25, 0.3) is 0 Å². The van der Waals surface area contributed by atoms with Crippen LogP contribution in [0.15, 0.2) is 12.4 Å². The first kappa shape index (κ1) is 13.0. The molecule has 0 saturated heterocycles. The van der Waals surface area contributed by atoms with Crippen LogP contribution in [0.1, 0.15) is 26.3 Å². The molecule has 16 heavy (non-hydrogen) atoms. The number of hydrogen-bond donors (Lipinski definition) is 1. The van der Waals surface area contributed by atoms with Crippen LogP contribution < -0.4 is 0 Å². The minimum atomic E-state index is -4.58. The van der Waals surface area contributed by atoms with Gasteiger partial charge in [0, 0.05) is 12.6 Å². The first-order chi connectivity index (χ1) is 7.10. The zero-order valence-corrected chi connectivity index (χ0v) is 9.41. The second-order valence-electron chi connectivity index (χ2n) is 4.73. The van der Waals surface area contributed by atoms with E-state index in [9.17, 15) is 13.2 Å². The summed E-state index contributed by atoms with van der Waals surface area (Å²) >= 11 is 0. The van der Waals surface area contributed by atoms with Gasteiger partial charge >= 0.3 is 6.18 Å². The summed E-state index contributed by atoms with van der Waals surface area (Å²) in [5, 5.41) is 12.8. The molecule has 0 spiro atoms. The van der Waals surface area contributed by atoms with Crippen LogP contribution in [0, 0.1) is 0 Å². The van der Waals surface area contributed by atoms with Crippen LogP contribution in [-0.2, 0) is 12.0 Å². The van der Waals surface area contributed by atoms with Crippen molar-refractivity contribution in [2.75, 3.05) is 0 Å². The molecule has 0 aromatic carbocycles. The fraction of sp³-hybridized carbons (Fsp3) is 0.700. The molecule has 1 aromatic rings. The van der Waals surface area contributed by atoms with Crippen molar-refractivity contribution in [2.24, 2.45) is 0 Å². The van der Waals surface area contributed by atoms with Gasteiger partial charge in [0.05, 0.1) is 11.7 Å². The Labute approximate surface area is 91.9 Å². The van der Waals surface area contributed by atoms with Crippen molar-refractivity contribution < 1.29 is 18.3 Å². The van der Waals surface area contributed by atoms with Gasteiger partial charge < -0.3 is 5.11 Å². The molecule has 0 aliphatic carbocycles. The monoisotopic (exact) mass is 236 g/mol. The molecule has 0 fully saturated rings. The summed E-state index contributed by atoms with van der Waals surface area (Å²) in [6.07, 6.45) is -4.50. The Morgan fingerprint density at radius 1 is 1.38 bits per heavy atom. The lowest BCUT2D eigenvalue weighted by molar-refractivity contribution is -0.203. The van der Waals surface area contributed by atoms with Gasteiger partial charge in [0.25, 0.3) is 0 Å². The molecular weight excluding hydrogens is 221 g/mol. The molecule has 3 nitrogen and oxygen atoms in total. The summed E-state index contributed by atoms with van der Waals surface area (Å²) in [5.74, 6) is 0. The second-order valence-corrected chi connectivity index (χ2v) is 4.73. The van der Waals surface area contributed by atoms with E-state index in [-0.39, 0.29) is 5.54 Å². The molecule has 6 heteroatoms. The van der Waals surface area contributed by atoms with Gasteiger partial charge in [-0.1, -0.05) is 0 Å². The summed E-state index contributed by atoms with van der Waals surface area (Å²) < 4.78 is 37.9. The quantitative estimate of drug-likeness (QED) is 0.854. The molecule has 0 saturated carbocycles. The van der Waals surface area contributed by atoms with Crippen molar-refractivity contribution in [1.82, 2.24) is 9.78 Å². The van der Waals surface area contributed by atoms with Crippen LogP contribution in [0.3, 0.4) is 0 Å². The fourth-order valence-corrected chi connectivity index (χ4v) is 1.17. The third-order valence-corrected chi connectivity index (χ3v) is 2.13. The molecule has 92 valence electrons. The Morgan fingerprint density at radius 3 is 2.31 bits per heavy atom. The van der Waals surface area contributed by atoms with Gasteiger partial charge in [-0.25, -0.2) is 0 Å². The summed E-state index contributed by atoms with van der Waals surface area (Å²) in [7, 11) is 0. The lowest BCUT2D eigenvalue weighted by Crippen LogP contribution is -2.30. The van der Waals surface area contributed by atoms with Crippen molar-refractivity contribution in [2.45, 2.75) is 45.0 Å². The van der Waals surface area contributed by atoms with E-state index in [0.29, 0.717) is 5.56 Å². The van der Waals surface area contributed by atoms with Crippen LogP contribution in [0.2, 0.25) is 0 Å². The third-order valence-electron chi connectivity index (χ3n) is 2.13. The van der Waals surface area contributed by atoms with Crippen molar-refractivity contribution in [3.63, 3.8) is 0 Å². The van der Waals surface area contributed by atoms with E-state index >= 15 is 0 Å². The highest BCUT2D eigenvalue weighted by molar-refractivity contribution is 5.07. The molecule has 1 unspecified atom stereocenters. The summed E-state index contributed by atoms with van der Waals surface area (Å²) in [4.78, 5) is 0. The average molecular weight is 236 g/mol. The van der Waals surface area contributed by atoms with Gasteiger partial charge in [0.2, 0.25) is 0 Å². The SMILES string of the molecule is CC(C)(C)n1cc(CC(O)C(F)(F)F)cn1. The predicted molar refractivity (Wildman–Crippen MR) is 53.0 cm³/mol. The van der Waals surface area contributed by atoms with E-state index in [0.717, 1.165) is 0 Å². The zero-order chi connectivity index (χ0) is 12.6. The average Bonchev–Trinajstić information content (AvgIpc) is 2.49. The van der Waals surface area contributed by atoms with Crippen molar-refractivity contribution in [1.29, 1.82) is 0 Å². The fourth-order valence-electron chi connectivity index (χ4n) is 1.17. The van der Waals surface area contributed by atoms with E-state index in [1.807, 2.05) is 20.8 Å². The predicted octanol–water partition coefficient (Wildman–Crippen LogP) is 2.10. The molecule has 1 atom stereocenters. The third kappa shape index (κ3) is 3.23.